The molecule has 0 rings (SSSR count). The third-order valence-electron chi connectivity index (χ3n) is 0.920. The third kappa shape index (κ3) is 4.77. The van der Waals surface area contributed by atoms with Crippen LogP contribution in [-0.2, 0) is 20.9 Å². The minimum Gasteiger partial charge on any atom is -0.481 e. The van der Waals surface area contributed by atoms with Crippen LogP contribution in [0.25, 0.3) is 0 Å². The van der Waals surface area contributed by atoms with Crippen LogP contribution in [0.2, 0.25) is 0 Å². The van der Waals surface area contributed by atoms with Crippen LogP contribution in [0.15, 0.2) is 0 Å². The van der Waals surface area contributed by atoms with Crippen molar-refractivity contribution in [3.63, 3.8) is 0 Å². The van der Waals surface area contributed by atoms with Gasteiger partial charge in [-0.25, -0.2) is 4.21 Å². The minimum atomic E-state index is -2.53. The number of carbonyl (C=O) groups is 2. The maximum absolute atomic E-state index is 10.2. The Labute approximate surface area is 69.8 Å². The number of nitrogens with one attached hydrogen (secondary N) is 1. The molecule has 70 valence electrons. The number of aliphatic carboxylic acids is 2. The molecule has 0 aromatic rings. The second-order valence-corrected chi connectivity index (χ2v) is 2.59. The molecule has 0 fully saturated rings. The SMILES string of the molecule is O=C(O)C[C@@H](NS(=O)O)C(=O)O. The predicted molar refractivity (Wildman–Crippen MR) is 37.6 cm³/mol. The summed E-state index contributed by atoms with van der Waals surface area (Å²) >= 11 is -2.53. The molecule has 0 bridgehead atoms. The van der Waals surface area contributed by atoms with Gasteiger partial charge in [0.05, 0.1) is 6.42 Å². The van der Waals surface area contributed by atoms with Crippen LogP contribution in [0.1, 0.15) is 6.42 Å². The van der Waals surface area contributed by atoms with Crippen molar-refractivity contribution >= 4 is 23.2 Å². The molecule has 0 radical (unpaired) electrons. The zero-order chi connectivity index (χ0) is 9.72. The molecule has 1 unspecified atom stereocenters. The standard InChI is InChI=1S/C4H7NO6S/c6-3(7)1-2(4(8)9)5-12(10)11/h2,5H,1H2,(H,6,7)(H,8,9)(H,10,11)/t2-/m1/s1. The molecule has 0 aromatic carbocycles. The van der Waals surface area contributed by atoms with Crippen molar-refractivity contribution in [3.05, 3.63) is 0 Å². The van der Waals surface area contributed by atoms with E-state index < -0.39 is 35.7 Å². The Bertz CT molecular complexity index is 200. The summed E-state index contributed by atoms with van der Waals surface area (Å²) in [5, 5.41) is 16.5. The number of hydrogen-bond acceptors (Lipinski definition) is 3. The highest BCUT2D eigenvalue weighted by Gasteiger charge is 2.21. The van der Waals surface area contributed by atoms with Gasteiger partial charge < -0.3 is 10.2 Å². The van der Waals surface area contributed by atoms with Gasteiger partial charge in [-0.3, -0.25) is 14.1 Å². The highest BCUT2D eigenvalue weighted by molar-refractivity contribution is 7.77. The molecule has 0 amide bonds. The van der Waals surface area contributed by atoms with Gasteiger partial charge in [-0.2, -0.15) is 4.72 Å². The highest BCUT2D eigenvalue weighted by Crippen LogP contribution is 1.92. The Morgan fingerprint density at radius 2 is 1.92 bits per heavy atom. The molecule has 4 N–H and O–H groups in total. The Kier molecular flexibility index (Phi) is 4.40. The lowest BCUT2D eigenvalue weighted by atomic mass is 10.2. The Morgan fingerprint density at radius 3 is 2.17 bits per heavy atom. The van der Waals surface area contributed by atoms with Gasteiger partial charge in [-0.15, -0.1) is 0 Å². The summed E-state index contributed by atoms with van der Waals surface area (Å²) in [5.74, 6) is -2.85. The summed E-state index contributed by atoms with van der Waals surface area (Å²) in [7, 11) is 0. The molecule has 0 aliphatic rings. The first-order valence-corrected chi connectivity index (χ1v) is 3.85. The van der Waals surface area contributed by atoms with Crippen LogP contribution in [0, 0.1) is 0 Å². The lowest BCUT2D eigenvalue weighted by Gasteiger charge is -2.07. The van der Waals surface area contributed by atoms with E-state index in [1.807, 2.05) is 0 Å². The van der Waals surface area contributed by atoms with Crippen molar-refractivity contribution in [1.29, 1.82) is 0 Å². The lowest BCUT2D eigenvalue weighted by Crippen LogP contribution is -2.39. The summed E-state index contributed by atoms with van der Waals surface area (Å²) in [4.78, 5) is 20.2. The molecule has 0 heterocycles. The first-order chi connectivity index (χ1) is 5.43. The van der Waals surface area contributed by atoms with E-state index in [-0.39, 0.29) is 0 Å². The fraction of sp³-hybridized carbons (Fsp3) is 0.500. The summed E-state index contributed by atoms with van der Waals surface area (Å²) in [6.45, 7) is 0. The van der Waals surface area contributed by atoms with Gasteiger partial charge in [0.15, 0.2) is 0 Å². The van der Waals surface area contributed by atoms with Gasteiger partial charge in [0.1, 0.15) is 6.04 Å². The van der Waals surface area contributed by atoms with Crippen molar-refractivity contribution in [2.24, 2.45) is 0 Å². The van der Waals surface area contributed by atoms with E-state index in [1.165, 1.54) is 0 Å². The lowest BCUT2D eigenvalue weighted by molar-refractivity contribution is -0.145. The first-order valence-electron chi connectivity index (χ1n) is 2.75. The van der Waals surface area contributed by atoms with Gasteiger partial charge >= 0.3 is 11.9 Å². The monoisotopic (exact) mass is 197 g/mol. The maximum Gasteiger partial charge on any atom is 0.322 e. The summed E-state index contributed by atoms with van der Waals surface area (Å²) in [5.41, 5.74) is 0. The first kappa shape index (κ1) is 11.0. The van der Waals surface area contributed by atoms with E-state index in [0.29, 0.717) is 0 Å². The zero-order valence-electron chi connectivity index (χ0n) is 5.76. The molecule has 7 nitrogen and oxygen atoms in total. The van der Waals surface area contributed by atoms with Gasteiger partial charge in [0.25, 0.3) is 0 Å². The van der Waals surface area contributed by atoms with E-state index in [0.717, 1.165) is 0 Å². The fourth-order valence-electron chi connectivity index (χ4n) is 0.476. The summed E-state index contributed by atoms with van der Waals surface area (Å²) < 4.78 is 19.9. The molecule has 2 atom stereocenters. The topological polar surface area (TPSA) is 124 Å². The van der Waals surface area contributed by atoms with Gasteiger partial charge in [0, 0.05) is 0 Å². The average Bonchev–Trinajstić information content (AvgIpc) is 1.83. The van der Waals surface area contributed by atoms with Crippen molar-refractivity contribution < 1.29 is 28.6 Å². The van der Waals surface area contributed by atoms with Crippen LogP contribution in [0.3, 0.4) is 0 Å². The largest absolute Gasteiger partial charge is 0.481 e. The number of carboxylic acid groups (broad SMARTS) is 2. The predicted octanol–water partition coefficient (Wildman–Crippen LogP) is -1.36. The number of hydrogen-bond donors (Lipinski definition) is 4. The average molecular weight is 197 g/mol. The van der Waals surface area contributed by atoms with Crippen molar-refractivity contribution in [1.82, 2.24) is 4.72 Å². The molecule has 0 aliphatic heterocycles. The van der Waals surface area contributed by atoms with Crippen LogP contribution in [0.4, 0.5) is 0 Å². The second kappa shape index (κ2) is 4.80. The van der Waals surface area contributed by atoms with Crippen LogP contribution < -0.4 is 4.72 Å². The van der Waals surface area contributed by atoms with E-state index >= 15 is 0 Å². The second-order valence-electron chi connectivity index (χ2n) is 1.86. The Balaban J connectivity index is 4.14. The van der Waals surface area contributed by atoms with E-state index in [2.05, 4.69) is 0 Å². The van der Waals surface area contributed by atoms with Crippen LogP contribution in [-0.4, -0.2) is 37.0 Å². The van der Waals surface area contributed by atoms with Crippen molar-refractivity contribution in [3.8, 4) is 0 Å². The molecule has 0 saturated heterocycles. The summed E-state index contributed by atoms with van der Waals surface area (Å²) in [6.07, 6.45) is -0.748. The zero-order valence-corrected chi connectivity index (χ0v) is 6.58. The van der Waals surface area contributed by atoms with E-state index in [9.17, 15) is 13.8 Å². The number of carboxylic acids is 2. The smallest absolute Gasteiger partial charge is 0.322 e. The molecular formula is C4H7NO6S. The van der Waals surface area contributed by atoms with Crippen LogP contribution >= 0.6 is 0 Å². The van der Waals surface area contributed by atoms with Crippen LogP contribution in [0.5, 0.6) is 0 Å². The van der Waals surface area contributed by atoms with Gasteiger partial charge in [-0.05, 0) is 0 Å². The van der Waals surface area contributed by atoms with Crippen molar-refractivity contribution in [2.75, 3.05) is 0 Å². The fourth-order valence-corrected chi connectivity index (χ4v) is 0.903. The minimum absolute atomic E-state index is 0.748. The normalized spacial score (nSPS) is 15.1. The molecule has 12 heavy (non-hydrogen) atoms. The quantitative estimate of drug-likeness (QED) is 0.403. The molecule has 0 saturated carbocycles. The molecule has 8 heteroatoms. The van der Waals surface area contributed by atoms with E-state index in [4.69, 9.17) is 14.8 Å². The third-order valence-corrected chi connectivity index (χ3v) is 1.41. The Morgan fingerprint density at radius 1 is 1.42 bits per heavy atom. The van der Waals surface area contributed by atoms with E-state index in [1.54, 1.807) is 4.72 Å². The Hall–Kier alpha value is -0.990. The molecule has 0 spiro atoms. The summed E-state index contributed by atoms with van der Waals surface area (Å²) in [6, 6.07) is -1.55. The molecule has 0 aliphatic carbocycles. The van der Waals surface area contributed by atoms with Gasteiger partial charge in [-0.1, -0.05) is 0 Å². The van der Waals surface area contributed by atoms with Crippen molar-refractivity contribution in [2.45, 2.75) is 12.5 Å². The molecule has 0 aromatic heterocycles. The van der Waals surface area contributed by atoms with Gasteiger partial charge in [0.2, 0.25) is 11.3 Å². The maximum atomic E-state index is 10.2. The highest BCUT2D eigenvalue weighted by atomic mass is 32.2. The molecular weight excluding hydrogens is 190 g/mol. The number of rotatable bonds is 5.